The van der Waals surface area contributed by atoms with Crippen molar-refractivity contribution >= 4 is 39.9 Å². The van der Waals surface area contributed by atoms with Crippen molar-refractivity contribution in [2.75, 3.05) is 19.0 Å². The summed E-state index contributed by atoms with van der Waals surface area (Å²) < 4.78 is 1.34. The third-order valence-electron chi connectivity index (χ3n) is 8.78. The van der Waals surface area contributed by atoms with Gasteiger partial charge in [-0.1, -0.05) is 93.9 Å². The Bertz CT molecular complexity index is 1330. The van der Waals surface area contributed by atoms with Gasteiger partial charge in [0.25, 0.3) is 0 Å². The Kier molecular flexibility index (Phi) is 7.27. The molecule has 5 rings (SSSR count). The lowest BCUT2D eigenvalue weighted by Crippen LogP contribution is -2.28. The van der Waals surface area contributed by atoms with Gasteiger partial charge in [0.2, 0.25) is 0 Å². The minimum Gasteiger partial charge on any atom is -0.347 e. The largest absolute Gasteiger partial charge is 0.347 e. The minimum absolute atomic E-state index is 0.0229. The molecule has 2 aliphatic heterocycles. The fraction of sp³-hybridized carbons (Fsp3) is 0.394. The van der Waals surface area contributed by atoms with Gasteiger partial charge in [-0.3, -0.25) is 4.90 Å². The Morgan fingerprint density at radius 1 is 1.00 bits per heavy atom. The van der Waals surface area contributed by atoms with Crippen LogP contribution < -0.4 is 4.90 Å². The highest BCUT2D eigenvalue weighted by molar-refractivity contribution is 14.1. The summed E-state index contributed by atoms with van der Waals surface area (Å²) in [5.41, 5.74) is 8.00. The molecule has 1 saturated heterocycles. The first-order chi connectivity index (χ1) is 17.5. The van der Waals surface area contributed by atoms with E-state index in [2.05, 4.69) is 147 Å². The van der Waals surface area contributed by atoms with Gasteiger partial charge in [-0.15, -0.1) is 0 Å². The number of allylic oxidation sites excluding steroid dienone is 7. The fourth-order valence-electron chi connectivity index (χ4n) is 6.59. The molecule has 3 unspecified atom stereocenters. The second-order valence-electron chi connectivity index (χ2n) is 11.8. The molecule has 2 nitrogen and oxygen atoms in total. The van der Waals surface area contributed by atoms with Crippen molar-refractivity contribution in [1.82, 2.24) is 4.90 Å². The molecule has 3 aliphatic rings. The number of para-hydroxylation sites is 1. The maximum absolute atomic E-state index is 7.02. The van der Waals surface area contributed by atoms with Crippen LogP contribution in [0.1, 0.15) is 58.1 Å². The van der Waals surface area contributed by atoms with E-state index in [4.69, 9.17) is 11.6 Å². The van der Waals surface area contributed by atoms with Gasteiger partial charge < -0.3 is 4.90 Å². The monoisotopic (exact) mass is 624 g/mol. The zero-order chi connectivity index (χ0) is 26.5. The average Bonchev–Trinajstić information content (AvgIpc) is 3.49. The Morgan fingerprint density at radius 2 is 1.70 bits per heavy atom. The minimum atomic E-state index is -0.0229. The standard InChI is InChI=1S/C33H38ClIN2/c1-32(2)25-15-8-10-17-27(25)36(5)29(32)21-19-23-13-11-12-22(30(23)34)18-20-28-31(37(28)6)33(3,4)24-14-7-9-16-26(24)35/h7-10,14-21,28,31H,11-13H2,1-6H3/b20-18+,23-19+,29-21+. The van der Waals surface area contributed by atoms with Gasteiger partial charge in [-0.05, 0) is 89.4 Å². The van der Waals surface area contributed by atoms with Crippen LogP contribution >= 0.6 is 34.2 Å². The number of nitrogens with zero attached hydrogens (tertiary/aromatic N) is 2. The highest BCUT2D eigenvalue weighted by Crippen LogP contribution is 2.47. The summed E-state index contributed by atoms with van der Waals surface area (Å²) in [5, 5.41) is 0.937. The predicted molar refractivity (Wildman–Crippen MR) is 167 cm³/mol. The summed E-state index contributed by atoms with van der Waals surface area (Å²) in [5.74, 6) is 0. The molecule has 194 valence electrons. The van der Waals surface area contributed by atoms with E-state index in [0.717, 1.165) is 24.3 Å². The summed E-state index contributed by atoms with van der Waals surface area (Å²) in [6.45, 7) is 9.38. The molecule has 0 saturated carbocycles. The molecular weight excluding hydrogens is 587 g/mol. The van der Waals surface area contributed by atoms with E-state index in [1.165, 1.54) is 37.2 Å². The van der Waals surface area contributed by atoms with Crippen molar-refractivity contribution < 1.29 is 0 Å². The van der Waals surface area contributed by atoms with Gasteiger partial charge in [-0.2, -0.15) is 0 Å². The first kappa shape index (κ1) is 26.8. The molecule has 1 fully saturated rings. The number of likely N-dealkylation sites (N-methyl/N-ethyl adjacent to an activating group) is 2. The number of rotatable bonds is 5. The lowest BCUT2D eigenvalue weighted by molar-refractivity contribution is 0.433. The second-order valence-corrected chi connectivity index (χ2v) is 13.3. The number of hydrogen-bond donors (Lipinski definition) is 0. The maximum atomic E-state index is 7.02. The summed E-state index contributed by atoms with van der Waals surface area (Å²) >= 11 is 9.49. The summed E-state index contributed by atoms with van der Waals surface area (Å²) in [6.07, 6.45) is 12.5. The van der Waals surface area contributed by atoms with Gasteiger partial charge in [0.05, 0.1) is 0 Å². The van der Waals surface area contributed by atoms with Gasteiger partial charge in [0.1, 0.15) is 0 Å². The van der Waals surface area contributed by atoms with E-state index in [1.807, 2.05) is 0 Å². The van der Waals surface area contributed by atoms with Gasteiger partial charge in [0.15, 0.2) is 0 Å². The smallest absolute Gasteiger partial charge is 0.0469 e. The molecule has 0 aromatic heterocycles. The number of hydrogen-bond acceptors (Lipinski definition) is 2. The van der Waals surface area contributed by atoms with Gasteiger partial charge in [-0.25, -0.2) is 0 Å². The topological polar surface area (TPSA) is 6.25 Å². The molecule has 3 atom stereocenters. The number of anilines is 1. The van der Waals surface area contributed by atoms with E-state index in [-0.39, 0.29) is 10.8 Å². The summed E-state index contributed by atoms with van der Waals surface area (Å²) in [6, 6.07) is 18.4. The van der Waals surface area contributed by atoms with Crippen LogP contribution in [0.5, 0.6) is 0 Å². The SMILES string of the molecule is CN1/C(=C/C=C2\CCCC(/C=C/C3C(C(C)(C)c4ccccc4I)N3C)=C2Cl)C(C)(C)c2ccccc21. The van der Waals surface area contributed by atoms with Crippen LogP contribution in [0.15, 0.2) is 94.7 Å². The average molecular weight is 625 g/mol. The third-order valence-corrected chi connectivity index (χ3v) is 10.2. The van der Waals surface area contributed by atoms with Crippen LogP contribution in [-0.2, 0) is 10.8 Å². The van der Waals surface area contributed by atoms with Crippen molar-refractivity contribution in [3.8, 4) is 0 Å². The van der Waals surface area contributed by atoms with Crippen LogP contribution in [0, 0.1) is 3.57 Å². The van der Waals surface area contributed by atoms with Crippen LogP contribution in [0.2, 0.25) is 0 Å². The van der Waals surface area contributed by atoms with Gasteiger partial charge in [0, 0.05) is 49.9 Å². The van der Waals surface area contributed by atoms with Crippen LogP contribution in [-0.4, -0.2) is 31.1 Å². The predicted octanol–water partition coefficient (Wildman–Crippen LogP) is 8.72. The van der Waals surface area contributed by atoms with E-state index < -0.39 is 0 Å². The number of halogens is 2. The van der Waals surface area contributed by atoms with E-state index in [1.54, 1.807) is 0 Å². The normalized spacial score (nSPS) is 27.5. The third kappa shape index (κ3) is 4.77. The molecular formula is C33H38ClIN2. The van der Waals surface area contributed by atoms with E-state index in [0.29, 0.717) is 12.1 Å². The first-order valence-electron chi connectivity index (χ1n) is 13.3. The quantitative estimate of drug-likeness (QED) is 0.242. The number of benzene rings is 2. The van der Waals surface area contributed by atoms with Gasteiger partial charge >= 0.3 is 0 Å². The highest BCUT2D eigenvalue weighted by Gasteiger charge is 2.52. The molecule has 0 spiro atoms. The Hall–Kier alpha value is -1.82. The zero-order valence-corrected chi connectivity index (χ0v) is 25.8. The van der Waals surface area contributed by atoms with Crippen LogP contribution in [0.4, 0.5) is 5.69 Å². The van der Waals surface area contributed by atoms with Crippen molar-refractivity contribution in [2.24, 2.45) is 0 Å². The molecule has 2 heterocycles. The van der Waals surface area contributed by atoms with Crippen molar-refractivity contribution in [3.05, 3.63) is 109 Å². The summed E-state index contributed by atoms with van der Waals surface area (Å²) in [4.78, 5) is 4.81. The number of fused-ring (bicyclic) bond motifs is 1. The van der Waals surface area contributed by atoms with E-state index in [9.17, 15) is 0 Å². The molecule has 0 amide bonds. The maximum Gasteiger partial charge on any atom is 0.0469 e. The Morgan fingerprint density at radius 3 is 2.43 bits per heavy atom. The van der Waals surface area contributed by atoms with Crippen molar-refractivity contribution in [3.63, 3.8) is 0 Å². The Balaban J connectivity index is 1.36. The lowest BCUT2D eigenvalue weighted by Gasteiger charge is -2.26. The molecule has 0 N–H and O–H groups in total. The summed E-state index contributed by atoms with van der Waals surface area (Å²) in [7, 11) is 4.41. The molecule has 0 bridgehead atoms. The first-order valence-corrected chi connectivity index (χ1v) is 14.8. The van der Waals surface area contributed by atoms with Crippen LogP contribution in [0.25, 0.3) is 0 Å². The zero-order valence-electron chi connectivity index (χ0n) is 22.9. The van der Waals surface area contributed by atoms with Crippen molar-refractivity contribution in [1.29, 1.82) is 0 Å². The molecule has 2 aromatic rings. The van der Waals surface area contributed by atoms with Crippen LogP contribution in [0.3, 0.4) is 0 Å². The highest BCUT2D eigenvalue weighted by atomic mass is 127. The Labute approximate surface area is 241 Å². The molecule has 0 radical (unpaired) electrons. The molecule has 1 aliphatic carbocycles. The van der Waals surface area contributed by atoms with Crippen molar-refractivity contribution in [2.45, 2.75) is 69.9 Å². The fourth-order valence-corrected chi connectivity index (χ4v) is 7.98. The lowest BCUT2D eigenvalue weighted by atomic mass is 9.80. The molecule has 37 heavy (non-hydrogen) atoms. The van der Waals surface area contributed by atoms with E-state index >= 15 is 0 Å². The second kappa shape index (κ2) is 10.1. The molecule has 4 heteroatoms. The molecule has 2 aromatic carbocycles.